The molecule has 1 N–H and O–H groups in total. The lowest BCUT2D eigenvalue weighted by molar-refractivity contribution is -0.208. The zero-order valence-corrected chi connectivity index (χ0v) is 14.3. The third-order valence-electron chi connectivity index (χ3n) is 3.65. The second kappa shape index (κ2) is 11.9. The molecule has 7 heteroatoms. The summed E-state index contributed by atoms with van der Waals surface area (Å²) >= 11 is 0. The molecule has 0 spiro atoms. The summed E-state index contributed by atoms with van der Waals surface area (Å²) in [5.41, 5.74) is 0. The van der Waals surface area contributed by atoms with Crippen LogP contribution in [0.2, 0.25) is 0 Å². The largest absolute Gasteiger partial charge is 0.388 e. The molecule has 0 amide bonds. The van der Waals surface area contributed by atoms with E-state index in [9.17, 15) is 5.11 Å². The summed E-state index contributed by atoms with van der Waals surface area (Å²) in [6, 6.07) is 0. The fraction of sp³-hybridized carbons (Fsp3) is 0.882. The van der Waals surface area contributed by atoms with Crippen LogP contribution in [0.4, 0.5) is 0 Å². The van der Waals surface area contributed by atoms with E-state index in [1.165, 1.54) is 0 Å². The SMILES string of the molecule is C=CCOCC(COCC(O)COCC1CO1)OC1CCCCO1. The first-order valence-electron chi connectivity index (χ1n) is 8.68. The summed E-state index contributed by atoms with van der Waals surface area (Å²) in [5.74, 6) is 0. The fourth-order valence-electron chi connectivity index (χ4n) is 2.33. The summed E-state index contributed by atoms with van der Waals surface area (Å²) in [4.78, 5) is 0. The van der Waals surface area contributed by atoms with Gasteiger partial charge in [0.05, 0.1) is 46.2 Å². The minimum Gasteiger partial charge on any atom is -0.388 e. The molecule has 24 heavy (non-hydrogen) atoms. The Morgan fingerprint density at radius 3 is 2.58 bits per heavy atom. The van der Waals surface area contributed by atoms with Crippen molar-refractivity contribution in [1.29, 1.82) is 0 Å². The van der Waals surface area contributed by atoms with Crippen molar-refractivity contribution in [3.8, 4) is 0 Å². The first-order valence-corrected chi connectivity index (χ1v) is 8.68. The Hall–Kier alpha value is -0.540. The van der Waals surface area contributed by atoms with Crippen molar-refractivity contribution < 1.29 is 33.5 Å². The van der Waals surface area contributed by atoms with Gasteiger partial charge < -0.3 is 33.5 Å². The van der Waals surface area contributed by atoms with Crippen LogP contribution in [0.1, 0.15) is 19.3 Å². The Balaban J connectivity index is 1.59. The number of hydrogen-bond acceptors (Lipinski definition) is 7. The van der Waals surface area contributed by atoms with Gasteiger partial charge in [-0.25, -0.2) is 0 Å². The van der Waals surface area contributed by atoms with Crippen LogP contribution in [0, 0.1) is 0 Å². The van der Waals surface area contributed by atoms with Gasteiger partial charge in [0.25, 0.3) is 0 Å². The van der Waals surface area contributed by atoms with Crippen LogP contribution in [0.3, 0.4) is 0 Å². The smallest absolute Gasteiger partial charge is 0.158 e. The Labute approximate surface area is 143 Å². The molecule has 140 valence electrons. The molecule has 0 aromatic heterocycles. The predicted molar refractivity (Wildman–Crippen MR) is 86.9 cm³/mol. The first-order chi connectivity index (χ1) is 11.8. The lowest BCUT2D eigenvalue weighted by Crippen LogP contribution is -2.35. The van der Waals surface area contributed by atoms with Crippen molar-refractivity contribution in [2.45, 2.75) is 43.9 Å². The van der Waals surface area contributed by atoms with E-state index in [4.69, 9.17) is 28.4 Å². The van der Waals surface area contributed by atoms with Crippen LogP contribution in [0.25, 0.3) is 0 Å². The Morgan fingerprint density at radius 2 is 1.88 bits per heavy atom. The molecule has 2 saturated heterocycles. The zero-order valence-electron chi connectivity index (χ0n) is 14.3. The van der Waals surface area contributed by atoms with Crippen LogP contribution in [-0.2, 0) is 28.4 Å². The molecule has 2 heterocycles. The van der Waals surface area contributed by atoms with Crippen molar-refractivity contribution in [3.63, 3.8) is 0 Å². The Morgan fingerprint density at radius 1 is 1.08 bits per heavy atom. The molecule has 7 nitrogen and oxygen atoms in total. The van der Waals surface area contributed by atoms with Crippen LogP contribution < -0.4 is 0 Å². The van der Waals surface area contributed by atoms with Crippen molar-refractivity contribution in [3.05, 3.63) is 12.7 Å². The van der Waals surface area contributed by atoms with Crippen molar-refractivity contribution in [2.24, 2.45) is 0 Å². The number of epoxide rings is 1. The molecule has 2 rings (SSSR count). The molecule has 0 aromatic carbocycles. The van der Waals surface area contributed by atoms with E-state index in [1.54, 1.807) is 6.08 Å². The minimum atomic E-state index is -0.663. The van der Waals surface area contributed by atoms with E-state index < -0.39 is 6.10 Å². The Kier molecular flexibility index (Phi) is 9.82. The molecule has 2 aliphatic heterocycles. The summed E-state index contributed by atoms with van der Waals surface area (Å²) in [6.45, 7) is 7.26. The molecule has 4 unspecified atom stereocenters. The molecule has 0 saturated carbocycles. The molecular formula is C17H30O7. The maximum atomic E-state index is 9.83. The van der Waals surface area contributed by atoms with Crippen LogP contribution in [0.5, 0.6) is 0 Å². The van der Waals surface area contributed by atoms with Gasteiger partial charge in [0, 0.05) is 6.61 Å². The molecule has 0 aliphatic carbocycles. The number of aliphatic hydroxyl groups is 1. The number of hydrogen-bond donors (Lipinski definition) is 1. The minimum absolute atomic E-state index is 0.193. The molecular weight excluding hydrogens is 316 g/mol. The van der Waals surface area contributed by atoms with Crippen LogP contribution in [0.15, 0.2) is 12.7 Å². The molecule has 0 bridgehead atoms. The van der Waals surface area contributed by atoms with Crippen molar-refractivity contribution in [1.82, 2.24) is 0 Å². The third kappa shape index (κ3) is 9.08. The van der Waals surface area contributed by atoms with E-state index >= 15 is 0 Å². The maximum Gasteiger partial charge on any atom is 0.158 e. The highest BCUT2D eigenvalue weighted by Crippen LogP contribution is 2.16. The van der Waals surface area contributed by atoms with Gasteiger partial charge in [0.2, 0.25) is 0 Å². The average Bonchev–Trinajstić information content (AvgIpc) is 3.40. The fourth-order valence-corrected chi connectivity index (χ4v) is 2.33. The summed E-state index contributed by atoms with van der Waals surface area (Å²) < 4.78 is 32.9. The van der Waals surface area contributed by atoms with E-state index in [2.05, 4.69) is 6.58 Å². The van der Waals surface area contributed by atoms with Gasteiger partial charge in [0.15, 0.2) is 6.29 Å². The summed E-state index contributed by atoms with van der Waals surface area (Å²) in [6.07, 6.45) is 3.86. The molecule has 0 radical (unpaired) electrons. The normalized spacial score (nSPS) is 26.0. The lowest BCUT2D eigenvalue weighted by atomic mass is 10.2. The lowest BCUT2D eigenvalue weighted by Gasteiger charge is -2.27. The van der Waals surface area contributed by atoms with Gasteiger partial charge in [-0.3, -0.25) is 0 Å². The second-order valence-corrected chi connectivity index (χ2v) is 6.06. The topological polar surface area (TPSA) is 78.9 Å². The zero-order chi connectivity index (χ0) is 17.0. The monoisotopic (exact) mass is 346 g/mol. The highest BCUT2D eigenvalue weighted by Gasteiger charge is 2.23. The summed E-state index contributed by atoms with van der Waals surface area (Å²) in [7, 11) is 0. The summed E-state index contributed by atoms with van der Waals surface area (Å²) in [5, 5.41) is 9.83. The molecule has 2 aliphatic rings. The first kappa shape index (κ1) is 19.8. The highest BCUT2D eigenvalue weighted by molar-refractivity contribution is 4.68. The maximum absolute atomic E-state index is 9.83. The van der Waals surface area contributed by atoms with Gasteiger partial charge in [-0.05, 0) is 19.3 Å². The molecule has 2 fully saturated rings. The van der Waals surface area contributed by atoms with Crippen molar-refractivity contribution in [2.75, 3.05) is 52.9 Å². The van der Waals surface area contributed by atoms with Gasteiger partial charge in [-0.2, -0.15) is 0 Å². The van der Waals surface area contributed by atoms with E-state index in [-0.39, 0.29) is 31.7 Å². The van der Waals surface area contributed by atoms with E-state index in [0.717, 1.165) is 32.5 Å². The number of ether oxygens (including phenoxy) is 6. The average molecular weight is 346 g/mol. The Bertz CT molecular complexity index is 329. The van der Waals surface area contributed by atoms with E-state index in [1.807, 2.05) is 0 Å². The predicted octanol–water partition coefficient (Wildman–Crippen LogP) is 0.894. The number of aliphatic hydroxyl groups excluding tert-OH is 1. The van der Waals surface area contributed by atoms with Gasteiger partial charge in [0.1, 0.15) is 18.3 Å². The number of rotatable bonds is 14. The quantitative estimate of drug-likeness (QED) is 0.284. The van der Waals surface area contributed by atoms with Crippen molar-refractivity contribution >= 4 is 0 Å². The standard InChI is InChI=1S/C17H30O7/c1-2-6-19-11-16(24-17-5-3-4-7-22-17)12-21-9-14(18)8-20-10-15-13-23-15/h2,14-18H,1,3-13H2. The van der Waals surface area contributed by atoms with Crippen LogP contribution in [-0.4, -0.2) is 82.6 Å². The third-order valence-corrected chi connectivity index (χ3v) is 3.65. The highest BCUT2D eigenvalue weighted by atomic mass is 16.7. The van der Waals surface area contributed by atoms with Crippen LogP contribution >= 0.6 is 0 Å². The second-order valence-electron chi connectivity index (χ2n) is 6.06. The van der Waals surface area contributed by atoms with Gasteiger partial charge in [-0.15, -0.1) is 6.58 Å². The van der Waals surface area contributed by atoms with E-state index in [0.29, 0.717) is 26.4 Å². The van der Waals surface area contributed by atoms with Gasteiger partial charge >= 0.3 is 0 Å². The van der Waals surface area contributed by atoms with Gasteiger partial charge in [-0.1, -0.05) is 6.08 Å². The molecule has 0 aromatic rings. The molecule has 4 atom stereocenters.